The molecule has 0 unspecified atom stereocenters. The van der Waals surface area contributed by atoms with Crippen LogP contribution < -0.4 is 5.32 Å². The van der Waals surface area contributed by atoms with Crippen LogP contribution in [0, 0.1) is 6.92 Å². The van der Waals surface area contributed by atoms with Crippen molar-refractivity contribution in [3.05, 3.63) is 41.6 Å². The Morgan fingerprint density at radius 1 is 1.38 bits per heavy atom. The summed E-state index contributed by atoms with van der Waals surface area (Å²) in [7, 11) is 0. The molecule has 110 valence electrons. The van der Waals surface area contributed by atoms with Gasteiger partial charge in [0, 0.05) is 12.0 Å². The number of nitrogens with one attached hydrogen (secondary N) is 1. The number of para-hydroxylation sites is 1. The number of carbonyl (C=O) groups excluding carboxylic acids is 1. The molecule has 0 atom stereocenters. The van der Waals surface area contributed by atoms with Crippen LogP contribution in [0.1, 0.15) is 30.5 Å². The molecule has 5 nitrogen and oxygen atoms in total. The molecule has 2 N–H and O–H groups in total. The van der Waals surface area contributed by atoms with Crippen molar-refractivity contribution in [2.24, 2.45) is 0 Å². The van der Waals surface area contributed by atoms with E-state index in [-0.39, 0.29) is 0 Å². The molecular formula is C16H19N3O2. The standard InChI is InChI=1S/C16H19N3O2/c1-12-14(10-16(21)8-5-9-16)18-19(15(12)17-11-20)13-6-3-2-4-7-13/h2-4,6-7,11,21H,5,8-10H2,1H3,(H,17,20). The predicted molar refractivity (Wildman–Crippen MR) is 80.5 cm³/mol. The average Bonchev–Trinajstić information content (AvgIpc) is 2.76. The van der Waals surface area contributed by atoms with Gasteiger partial charge in [-0.25, -0.2) is 4.68 Å². The number of rotatable bonds is 5. The Kier molecular flexibility index (Phi) is 3.51. The molecule has 1 amide bonds. The fourth-order valence-electron chi connectivity index (χ4n) is 2.76. The highest BCUT2D eigenvalue weighted by molar-refractivity contribution is 5.72. The minimum Gasteiger partial charge on any atom is -0.389 e. The van der Waals surface area contributed by atoms with E-state index in [0.29, 0.717) is 18.6 Å². The van der Waals surface area contributed by atoms with Gasteiger partial charge in [-0.15, -0.1) is 0 Å². The van der Waals surface area contributed by atoms with Crippen LogP contribution in [-0.2, 0) is 11.2 Å². The fourth-order valence-corrected chi connectivity index (χ4v) is 2.76. The molecule has 1 aliphatic carbocycles. The summed E-state index contributed by atoms with van der Waals surface area (Å²) in [5.41, 5.74) is 2.01. The van der Waals surface area contributed by atoms with Crippen LogP contribution in [0.15, 0.2) is 30.3 Å². The zero-order valence-electron chi connectivity index (χ0n) is 12.0. The Morgan fingerprint density at radius 2 is 2.10 bits per heavy atom. The quantitative estimate of drug-likeness (QED) is 0.828. The topological polar surface area (TPSA) is 67.2 Å². The second-order valence-electron chi connectivity index (χ2n) is 5.68. The second kappa shape index (κ2) is 5.33. The number of carbonyl (C=O) groups is 1. The van der Waals surface area contributed by atoms with Gasteiger partial charge in [0.2, 0.25) is 6.41 Å². The molecule has 2 aromatic rings. The van der Waals surface area contributed by atoms with Crippen molar-refractivity contribution in [3.8, 4) is 5.69 Å². The highest BCUT2D eigenvalue weighted by atomic mass is 16.3. The minimum absolute atomic E-state index is 0.534. The number of aromatic nitrogens is 2. The van der Waals surface area contributed by atoms with E-state index in [0.717, 1.165) is 36.2 Å². The molecule has 1 fully saturated rings. The Labute approximate surface area is 123 Å². The van der Waals surface area contributed by atoms with Gasteiger partial charge < -0.3 is 10.4 Å². The highest BCUT2D eigenvalue weighted by Gasteiger charge is 2.36. The molecule has 21 heavy (non-hydrogen) atoms. The van der Waals surface area contributed by atoms with Crippen LogP contribution >= 0.6 is 0 Å². The zero-order chi connectivity index (χ0) is 14.9. The van der Waals surface area contributed by atoms with E-state index in [1.807, 2.05) is 37.3 Å². The minimum atomic E-state index is -0.626. The van der Waals surface area contributed by atoms with E-state index in [1.54, 1.807) is 4.68 Å². The van der Waals surface area contributed by atoms with Gasteiger partial charge in [0.25, 0.3) is 0 Å². The SMILES string of the molecule is Cc1c(CC2(O)CCC2)nn(-c2ccccc2)c1NC=O. The molecule has 1 aromatic carbocycles. The molecule has 0 saturated heterocycles. The number of nitrogens with zero attached hydrogens (tertiary/aromatic N) is 2. The van der Waals surface area contributed by atoms with Gasteiger partial charge in [0.1, 0.15) is 5.82 Å². The van der Waals surface area contributed by atoms with Crippen LogP contribution in [-0.4, -0.2) is 26.9 Å². The lowest BCUT2D eigenvalue weighted by atomic mass is 9.77. The Hall–Kier alpha value is -2.14. The van der Waals surface area contributed by atoms with Crippen molar-refractivity contribution in [3.63, 3.8) is 0 Å². The second-order valence-corrected chi connectivity index (χ2v) is 5.68. The van der Waals surface area contributed by atoms with Crippen molar-refractivity contribution in [1.82, 2.24) is 9.78 Å². The smallest absolute Gasteiger partial charge is 0.212 e. The first-order valence-electron chi connectivity index (χ1n) is 7.19. The fraction of sp³-hybridized carbons (Fsp3) is 0.375. The Bertz CT molecular complexity index is 645. The molecule has 0 spiro atoms. The van der Waals surface area contributed by atoms with E-state index in [9.17, 15) is 9.90 Å². The molecule has 0 aliphatic heterocycles. The lowest BCUT2D eigenvalue weighted by Gasteiger charge is -2.36. The first kappa shape index (κ1) is 13.8. The molecule has 3 rings (SSSR count). The average molecular weight is 285 g/mol. The number of anilines is 1. The molecule has 5 heteroatoms. The maximum absolute atomic E-state index is 10.9. The third-order valence-electron chi connectivity index (χ3n) is 4.20. The van der Waals surface area contributed by atoms with Crippen LogP contribution in [0.5, 0.6) is 0 Å². The van der Waals surface area contributed by atoms with Gasteiger partial charge in [0.15, 0.2) is 0 Å². The predicted octanol–water partition coefficient (Wildman–Crippen LogP) is 2.21. The van der Waals surface area contributed by atoms with Gasteiger partial charge in [-0.05, 0) is 38.3 Å². The molecular weight excluding hydrogens is 266 g/mol. The maximum Gasteiger partial charge on any atom is 0.212 e. The first-order valence-corrected chi connectivity index (χ1v) is 7.19. The van der Waals surface area contributed by atoms with Gasteiger partial charge >= 0.3 is 0 Å². The van der Waals surface area contributed by atoms with E-state index in [2.05, 4.69) is 10.4 Å². The molecule has 0 bridgehead atoms. The highest BCUT2D eigenvalue weighted by Crippen LogP contribution is 2.36. The normalized spacial score (nSPS) is 16.3. The summed E-state index contributed by atoms with van der Waals surface area (Å²) in [6, 6.07) is 9.66. The Balaban J connectivity index is 2.00. The van der Waals surface area contributed by atoms with E-state index >= 15 is 0 Å². The summed E-state index contributed by atoms with van der Waals surface area (Å²) in [6.07, 6.45) is 3.90. The third kappa shape index (κ3) is 2.56. The molecule has 0 radical (unpaired) electrons. The lowest BCUT2D eigenvalue weighted by Crippen LogP contribution is -2.39. The van der Waals surface area contributed by atoms with E-state index < -0.39 is 5.60 Å². The molecule has 1 aromatic heterocycles. The first-order chi connectivity index (χ1) is 10.1. The number of aliphatic hydroxyl groups is 1. The molecule has 1 heterocycles. The lowest BCUT2D eigenvalue weighted by molar-refractivity contribution is -0.105. The number of hydrogen-bond donors (Lipinski definition) is 2. The molecule has 1 saturated carbocycles. The summed E-state index contributed by atoms with van der Waals surface area (Å²) in [4.78, 5) is 10.9. The van der Waals surface area contributed by atoms with Crippen LogP contribution in [0.3, 0.4) is 0 Å². The molecule has 1 aliphatic rings. The summed E-state index contributed by atoms with van der Waals surface area (Å²) in [5.74, 6) is 0.661. The van der Waals surface area contributed by atoms with Crippen molar-refractivity contribution in [1.29, 1.82) is 0 Å². The van der Waals surface area contributed by atoms with E-state index in [1.165, 1.54) is 0 Å². The number of amides is 1. The van der Waals surface area contributed by atoms with Crippen molar-refractivity contribution >= 4 is 12.2 Å². The van der Waals surface area contributed by atoms with E-state index in [4.69, 9.17) is 0 Å². The number of benzene rings is 1. The van der Waals surface area contributed by atoms with Crippen molar-refractivity contribution in [2.75, 3.05) is 5.32 Å². The maximum atomic E-state index is 10.9. The summed E-state index contributed by atoms with van der Waals surface area (Å²) < 4.78 is 1.72. The number of hydrogen-bond acceptors (Lipinski definition) is 3. The van der Waals surface area contributed by atoms with Gasteiger partial charge in [-0.3, -0.25) is 4.79 Å². The summed E-state index contributed by atoms with van der Waals surface area (Å²) >= 11 is 0. The summed E-state index contributed by atoms with van der Waals surface area (Å²) in [5, 5.41) is 17.7. The van der Waals surface area contributed by atoms with Crippen molar-refractivity contribution in [2.45, 2.75) is 38.2 Å². The third-order valence-corrected chi connectivity index (χ3v) is 4.20. The van der Waals surface area contributed by atoms with Gasteiger partial charge in [0.05, 0.1) is 17.0 Å². The zero-order valence-corrected chi connectivity index (χ0v) is 12.0. The largest absolute Gasteiger partial charge is 0.389 e. The monoisotopic (exact) mass is 285 g/mol. The van der Waals surface area contributed by atoms with Crippen LogP contribution in [0.2, 0.25) is 0 Å². The van der Waals surface area contributed by atoms with Crippen LogP contribution in [0.25, 0.3) is 5.69 Å². The summed E-state index contributed by atoms with van der Waals surface area (Å²) in [6.45, 7) is 1.93. The van der Waals surface area contributed by atoms with Crippen molar-refractivity contribution < 1.29 is 9.90 Å². The van der Waals surface area contributed by atoms with Gasteiger partial charge in [-0.1, -0.05) is 18.2 Å². The van der Waals surface area contributed by atoms with Gasteiger partial charge in [-0.2, -0.15) is 5.10 Å². The Morgan fingerprint density at radius 3 is 2.67 bits per heavy atom. The van der Waals surface area contributed by atoms with Crippen LogP contribution in [0.4, 0.5) is 5.82 Å².